The molecule has 0 bridgehead atoms. The lowest BCUT2D eigenvalue weighted by atomic mass is 10.2. The number of rotatable bonds is 8. The highest BCUT2D eigenvalue weighted by atomic mass is 32.2. The fourth-order valence-electron chi connectivity index (χ4n) is 1.52. The Bertz CT molecular complexity index is 418. The van der Waals surface area contributed by atoms with Crippen molar-refractivity contribution < 1.29 is 9.90 Å². The molecule has 1 N–H and O–H groups in total. The number of hydrogen-bond acceptors (Lipinski definition) is 3. The molecule has 0 atom stereocenters. The van der Waals surface area contributed by atoms with E-state index in [-0.39, 0.29) is 12.5 Å². The maximum atomic E-state index is 12.0. The molecule has 1 amide bonds. The summed E-state index contributed by atoms with van der Waals surface area (Å²) < 4.78 is 0. The molecule has 0 fully saturated rings. The van der Waals surface area contributed by atoms with Crippen LogP contribution in [0, 0.1) is 0 Å². The van der Waals surface area contributed by atoms with Gasteiger partial charge in [0.15, 0.2) is 0 Å². The lowest BCUT2D eigenvalue weighted by Gasteiger charge is -2.18. The van der Waals surface area contributed by atoms with Gasteiger partial charge in [-0.3, -0.25) is 4.79 Å². The van der Waals surface area contributed by atoms with Crippen molar-refractivity contribution in [2.45, 2.75) is 11.5 Å². The summed E-state index contributed by atoms with van der Waals surface area (Å²) in [6, 6.07) is 7.54. The van der Waals surface area contributed by atoms with Crippen LogP contribution in [-0.2, 0) is 11.4 Å². The lowest BCUT2D eigenvalue weighted by molar-refractivity contribution is -0.127. The third kappa shape index (κ3) is 5.32. The van der Waals surface area contributed by atoms with Gasteiger partial charge in [-0.05, 0) is 17.7 Å². The van der Waals surface area contributed by atoms with E-state index in [1.54, 1.807) is 17.1 Å². The molecule has 1 aromatic rings. The molecule has 0 saturated heterocycles. The Morgan fingerprint density at radius 1 is 1.21 bits per heavy atom. The molecule has 0 heterocycles. The molecule has 0 aliphatic carbocycles. The van der Waals surface area contributed by atoms with Crippen molar-refractivity contribution in [1.82, 2.24) is 4.90 Å². The zero-order valence-electron chi connectivity index (χ0n) is 10.9. The molecular weight excluding hydrogens is 258 g/mol. The lowest BCUT2D eigenvalue weighted by Crippen LogP contribution is -2.32. The average Bonchev–Trinajstić information content (AvgIpc) is 2.45. The fraction of sp³-hybridized carbons (Fsp3) is 0.267. The van der Waals surface area contributed by atoms with E-state index in [0.717, 1.165) is 10.5 Å². The molecule has 3 nitrogen and oxygen atoms in total. The van der Waals surface area contributed by atoms with Crippen LogP contribution in [0.1, 0.15) is 5.56 Å². The van der Waals surface area contributed by atoms with Crippen LogP contribution in [0.4, 0.5) is 0 Å². The Hall–Kier alpha value is -1.52. The van der Waals surface area contributed by atoms with Crippen LogP contribution in [0.2, 0.25) is 0 Å². The molecule has 4 heteroatoms. The first-order valence-electron chi connectivity index (χ1n) is 6.03. The Labute approximate surface area is 118 Å². The first-order chi connectivity index (χ1) is 9.21. The second kappa shape index (κ2) is 8.56. The second-order valence-electron chi connectivity index (χ2n) is 3.97. The van der Waals surface area contributed by atoms with Crippen LogP contribution in [-0.4, -0.2) is 34.8 Å². The molecule has 0 radical (unpaired) electrons. The number of hydrogen-bond donors (Lipinski definition) is 1. The van der Waals surface area contributed by atoms with Gasteiger partial charge in [-0.1, -0.05) is 24.3 Å². The Kier molecular flexibility index (Phi) is 7.00. The van der Waals surface area contributed by atoms with Gasteiger partial charge in [0.25, 0.3) is 0 Å². The third-order valence-electron chi connectivity index (χ3n) is 2.52. The number of carbonyl (C=O) groups excluding carboxylic acids is 1. The van der Waals surface area contributed by atoms with Crippen molar-refractivity contribution in [3.63, 3.8) is 0 Å². The monoisotopic (exact) mass is 277 g/mol. The van der Waals surface area contributed by atoms with Crippen LogP contribution in [0.5, 0.6) is 0 Å². The van der Waals surface area contributed by atoms with Crippen LogP contribution in [0.15, 0.2) is 54.5 Å². The van der Waals surface area contributed by atoms with Gasteiger partial charge in [-0.15, -0.1) is 24.9 Å². The molecule has 102 valence electrons. The number of carbonyl (C=O) groups is 1. The summed E-state index contributed by atoms with van der Waals surface area (Å²) in [5.74, 6) is 0.455. The van der Waals surface area contributed by atoms with Gasteiger partial charge in [0, 0.05) is 18.0 Å². The Morgan fingerprint density at radius 3 is 2.26 bits per heavy atom. The zero-order valence-corrected chi connectivity index (χ0v) is 11.7. The quantitative estimate of drug-likeness (QED) is 0.586. The van der Waals surface area contributed by atoms with E-state index in [4.69, 9.17) is 5.11 Å². The van der Waals surface area contributed by atoms with Crippen molar-refractivity contribution in [2.75, 3.05) is 18.8 Å². The molecular formula is C15H19NO2S. The highest BCUT2D eigenvalue weighted by Gasteiger charge is 2.10. The van der Waals surface area contributed by atoms with Gasteiger partial charge in [0.05, 0.1) is 12.4 Å². The topological polar surface area (TPSA) is 40.5 Å². The largest absolute Gasteiger partial charge is 0.392 e. The van der Waals surface area contributed by atoms with Crippen LogP contribution >= 0.6 is 11.8 Å². The first kappa shape index (κ1) is 15.5. The van der Waals surface area contributed by atoms with Gasteiger partial charge < -0.3 is 10.0 Å². The van der Waals surface area contributed by atoms with E-state index < -0.39 is 0 Å². The number of benzene rings is 1. The van der Waals surface area contributed by atoms with Gasteiger partial charge in [-0.2, -0.15) is 0 Å². The van der Waals surface area contributed by atoms with Crippen molar-refractivity contribution in [3.8, 4) is 0 Å². The van der Waals surface area contributed by atoms with Crippen LogP contribution in [0.3, 0.4) is 0 Å². The fourth-order valence-corrected chi connectivity index (χ4v) is 2.32. The molecule has 0 saturated carbocycles. The predicted molar refractivity (Wildman–Crippen MR) is 80.1 cm³/mol. The Balaban J connectivity index is 2.51. The van der Waals surface area contributed by atoms with Crippen LogP contribution < -0.4 is 0 Å². The molecule has 0 aliphatic heterocycles. The maximum absolute atomic E-state index is 12.0. The standard InChI is InChI=1S/C15H19NO2S/c1-3-9-16(10-4-2)15(18)12-19-14-7-5-13(11-17)6-8-14/h3-8,17H,1-2,9-12H2. The smallest absolute Gasteiger partial charge is 0.233 e. The van der Waals surface area contributed by atoms with Gasteiger partial charge >= 0.3 is 0 Å². The SMILES string of the molecule is C=CCN(CC=C)C(=O)CSc1ccc(CO)cc1. The van der Waals surface area contributed by atoms with E-state index in [1.165, 1.54) is 11.8 Å². The minimum Gasteiger partial charge on any atom is -0.392 e. The molecule has 19 heavy (non-hydrogen) atoms. The number of amides is 1. The number of nitrogens with zero attached hydrogens (tertiary/aromatic N) is 1. The molecule has 0 spiro atoms. The summed E-state index contributed by atoms with van der Waals surface area (Å²) in [6.07, 6.45) is 3.42. The molecule has 0 aliphatic rings. The van der Waals surface area contributed by atoms with Gasteiger partial charge in [-0.25, -0.2) is 0 Å². The van der Waals surface area contributed by atoms with E-state index in [2.05, 4.69) is 13.2 Å². The zero-order chi connectivity index (χ0) is 14.1. The third-order valence-corrected chi connectivity index (χ3v) is 3.52. The maximum Gasteiger partial charge on any atom is 0.233 e. The average molecular weight is 277 g/mol. The van der Waals surface area contributed by atoms with Crippen LogP contribution in [0.25, 0.3) is 0 Å². The van der Waals surface area contributed by atoms with E-state index in [0.29, 0.717) is 18.8 Å². The highest BCUT2D eigenvalue weighted by molar-refractivity contribution is 8.00. The number of aliphatic hydroxyl groups is 1. The van der Waals surface area contributed by atoms with E-state index in [9.17, 15) is 4.79 Å². The molecule has 0 unspecified atom stereocenters. The number of thioether (sulfide) groups is 1. The van der Waals surface area contributed by atoms with Gasteiger partial charge in [0.1, 0.15) is 0 Å². The summed E-state index contributed by atoms with van der Waals surface area (Å²) in [4.78, 5) is 14.7. The second-order valence-corrected chi connectivity index (χ2v) is 5.02. The van der Waals surface area contributed by atoms with Crippen molar-refractivity contribution >= 4 is 17.7 Å². The minimum atomic E-state index is 0.0380. The molecule has 1 rings (SSSR count). The summed E-state index contributed by atoms with van der Waals surface area (Å²) >= 11 is 1.49. The molecule has 0 aromatic heterocycles. The first-order valence-corrected chi connectivity index (χ1v) is 7.02. The highest BCUT2D eigenvalue weighted by Crippen LogP contribution is 2.19. The summed E-state index contributed by atoms with van der Waals surface area (Å²) in [6.45, 7) is 8.40. The predicted octanol–water partition coefficient (Wildman–Crippen LogP) is 2.47. The summed E-state index contributed by atoms with van der Waals surface area (Å²) in [5, 5.41) is 8.95. The normalized spacial score (nSPS) is 9.95. The van der Waals surface area contributed by atoms with E-state index >= 15 is 0 Å². The minimum absolute atomic E-state index is 0.0380. The number of aliphatic hydroxyl groups excluding tert-OH is 1. The van der Waals surface area contributed by atoms with E-state index in [1.807, 2.05) is 24.3 Å². The van der Waals surface area contributed by atoms with Crippen molar-refractivity contribution in [2.24, 2.45) is 0 Å². The van der Waals surface area contributed by atoms with Crippen molar-refractivity contribution in [3.05, 3.63) is 55.1 Å². The van der Waals surface area contributed by atoms with Gasteiger partial charge in [0.2, 0.25) is 5.91 Å². The summed E-state index contributed by atoms with van der Waals surface area (Å²) in [7, 11) is 0. The summed E-state index contributed by atoms with van der Waals surface area (Å²) in [5.41, 5.74) is 0.871. The Morgan fingerprint density at radius 2 is 1.79 bits per heavy atom. The molecule has 1 aromatic carbocycles. The van der Waals surface area contributed by atoms with Crippen molar-refractivity contribution in [1.29, 1.82) is 0 Å².